The van der Waals surface area contributed by atoms with Crippen molar-refractivity contribution >= 4 is 22.7 Å². The molecule has 1 aliphatic rings. The van der Waals surface area contributed by atoms with E-state index in [1.54, 1.807) is 7.11 Å². The summed E-state index contributed by atoms with van der Waals surface area (Å²) in [6, 6.07) is 15.1. The molecule has 1 aliphatic heterocycles. The summed E-state index contributed by atoms with van der Waals surface area (Å²) in [5, 5.41) is 1.39. The molecule has 4 rings (SSSR count). The van der Waals surface area contributed by atoms with Crippen LogP contribution >= 0.6 is 0 Å². The van der Waals surface area contributed by atoms with Crippen LogP contribution in [0.25, 0.3) is 22.7 Å². The quantitative estimate of drug-likeness (QED) is 0.666. The van der Waals surface area contributed by atoms with Crippen molar-refractivity contribution in [1.82, 2.24) is 9.47 Å². The maximum atomic E-state index is 5.28. The molecule has 0 saturated carbocycles. The van der Waals surface area contributed by atoms with Gasteiger partial charge >= 0.3 is 0 Å². The highest BCUT2D eigenvalue weighted by Gasteiger charge is 2.21. The van der Waals surface area contributed by atoms with Crippen molar-refractivity contribution in [1.29, 1.82) is 0 Å². The lowest BCUT2D eigenvalue weighted by molar-refractivity contribution is 0.312. The lowest BCUT2D eigenvalue weighted by Gasteiger charge is -2.23. The molecule has 0 radical (unpaired) electrons. The number of likely N-dealkylation sites (N-methyl/N-ethyl adjacent to an activating group) is 1. The molecular formula is C23H26N2O. The van der Waals surface area contributed by atoms with E-state index in [0.29, 0.717) is 0 Å². The average Bonchev–Trinajstić information content (AvgIpc) is 2.94. The maximum Gasteiger partial charge on any atom is 0.118 e. The van der Waals surface area contributed by atoms with Gasteiger partial charge in [0.1, 0.15) is 5.75 Å². The van der Waals surface area contributed by atoms with Crippen molar-refractivity contribution in [2.75, 3.05) is 20.7 Å². The van der Waals surface area contributed by atoms with Gasteiger partial charge in [-0.25, -0.2) is 0 Å². The Hall–Kier alpha value is -2.52. The van der Waals surface area contributed by atoms with Crippen LogP contribution in [0, 0.1) is 6.92 Å². The van der Waals surface area contributed by atoms with Crippen LogP contribution in [0.4, 0.5) is 0 Å². The van der Waals surface area contributed by atoms with Crippen molar-refractivity contribution in [3.8, 4) is 5.75 Å². The minimum absolute atomic E-state index is 0.892. The van der Waals surface area contributed by atoms with E-state index in [2.05, 4.69) is 66.9 Å². The number of fused-ring (bicyclic) bond motifs is 3. The molecule has 2 aromatic carbocycles. The van der Waals surface area contributed by atoms with E-state index in [1.165, 1.54) is 38.9 Å². The van der Waals surface area contributed by atoms with Crippen LogP contribution in [0.5, 0.6) is 5.75 Å². The molecule has 26 heavy (non-hydrogen) atoms. The molecule has 0 unspecified atom stereocenters. The van der Waals surface area contributed by atoms with Gasteiger partial charge < -0.3 is 14.2 Å². The average molecular weight is 346 g/mol. The fraction of sp³-hybridized carbons (Fsp3) is 0.304. The van der Waals surface area contributed by atoms with E-state index in [4.69, 9.17) is 4.74 Å². The van der Waals surface area contributed by atoms with Crippen molar-refractivity contribution in [2.45, 2.75) is 26.8 Å². The summed E-state index contributed by atoms with van der Waals surface area (Å²) in [6.07, 6.45) is 3.38. The van der Waals surface area contributed by atoms with Crippen molar-refractivity contribution < 1.29 is 4.74 Å². The summed E-state index contributed by atoms with van der Waals surface area (Å²) < 4.78 is 7.69. The van der Waals surface area contributed by atoms with Crippen LogP contribution in [-0.4, -0.2) is 30.2 Å². The standard InChI is InChI=1S/C23H26N2O/c1-16-5-10-22-20(13-16)21-15-24(3)12-11-23(21)25(22)14-17(2)18-6-8-19(26-4)9-7-18/h5-10,13-14H,11-12,15H2,1-4H3/b17-14-. The van der Waals surface area contributed by atoms with E-state index < -0.39 is 0 Å². The first-order valence-electron chi connectivity index (χ1n) is 9.20. The molecule has 3 aromatic rings. The minimum atomic E-state index is 0.892. The third kappa shape index (κ3) is 2.93. The maximum absolute atomic E-state index is 5.28. The second-order valence-electron chi connectivity index (χ2n) is 7.34. The molecule has 0 N–H and O–H groups in total. The van der Waals surface area contributed by atoms with Crippen LogP contribution in [0.15, 0.2) is 42.5 Å². The smallest absolute Gasteiger partial charge is 0.118 e. The Labute approximate surface area is 155 Å². The SMILES string of the molecule is COc1ccc(/C(C)=C\n2c3c(c4cc(C)ccc42)CN(C)CC3)cc1. The molecule has 3 heteroatoms. The van der Waals surface area contributed by atoms with Gasteiger partial charge in [0.15, 0.2) is 0 Å². The summed E-state index contributed by atoms with van der Waals surface area (Å²) >= 11 is 0. The second kappa shape index (κ2) is 6.65. The summed E-state index contributed by atoms with van der Waals surface area (Å²) in [4.78, 5) is 2.41. The van der Waals surface area contributed by atoms with Gasteiger partial charge in [-0.05, 0) is 61.9 Å². The van der Waals surface area contributed by atoms with Crippen molar-refractivity contribution in [2.24, 2.45) is 0 Å². The second-order valence-corrected chi connectivity index (χ2v) is 7.34. The van der Waals surface area contributed by atoms with Crippen LogP contribution in [0.2, 0.25) is 0 Å². The molecule has 134 valence electrons. The van der Waals surface area contributed by atoms with Gasteiger partial charge in [-0.2, -0.15) is 0 Å². The molecular weight excluding hydrogens is 320 g/mol. The van der Waals surface area contributed by atoms with Gasteiger partial charge in [-0.3, -0.25) is 0 Å². The van der Waals surface area contributed by atoms with Crippen LogP contribution in [0.3, 0.4) is 0 Å². The number of methoxy groups -OCH3 is 1. The van der Waals surface area contributed by atoms with Gasteiger partial charge in [0, 0.05) is 36.8 Å². The fourth-order valence-electron chi connectivity index (χ4n) is 3.91. The van der Waals surface area contributed by atoms with Gasteiger partial charge in [-0.1, -0.05) is 23.8 Å². The molecule has 0 bridgehead atoms. The summed E-state index contributed by atoms with van der Waals surface area (Å²) in [5.74, 6) is 0.892. The predicted octanol–water partition coefficient (Wildman–Crippen LogP) is 4.96. The number of hydrogen-bond acceptors (Lipinski definition) is 2. The number of hydrogen-bond donors (Lipinski definition) is 0. The molecule has 0 fully saturated rings. The molecule has 2 heterocycles. The largest absolute Gasteiger partial charge is 0.497 e. The molecule has 0 saturated heterocycles. The molecule has 0 aliphatic carbocycles. The van der Waals surface area contributed by atoms with Crippen molar-refractivity contribution in [3.63, 3.8) is 0 Å². The zero-order valence-electron chi connectivity index (χ0n) is 16.0. The number of ether oxygens (including phenoxy) is 1. The zero-order valence-corrected chi connectivity index (χ0v) is 16.0. The van der Waals surface area contributed by atoms with Gasteiger partial charge in [0.05, 0.1) is 12.6 Å². The van der Waals surface area contributed by atoms with Crippen LogP contribution < -0.4 is 4.74 Å². The Morgan fingerprint density at radius 3 is 2.62 bits per heavy atom. The topological polar surface area (TPSA) is 17.4 Å². The van der Waals surface area contributed by atoms with Crippen LogP contribution in [-0.2, 0) is 13.0 Å². The highest BCUT2D eigenvalue weighted by molar-refractivity contribution is 5.90. The molecule has 0 atom stereocenters. The number of nitrogens with zero attached hydrogens (tertiary/aromatic N) is 2. The Bertz CT molecular complexity index is 980. The van der Waals surface area contributed by atoms with Gasteiger partial charge in [0.2, 0.25) is 0 Å². The number of allylic oxidation sites excluding steroid dienone is 1. The lowest BCUT2D eigenvalue weighted by Crippen LogP contribution is -2.26. The fourth-order valence-corrected chi connectivity index (χ4v) is 3.91. The van der Waals surface area contributed by atoms with Crippen molar-refractivity contribution in [3.05, 3.63) is 64.8 Å². The van der Waals surface area contributed by atoms with Gasteiger partial charge in [0.25, 0.3) is 0 Å². The van der Waals surface area contributed by atoms with E-state index in [-0.39, 0.29) is 0 Å². The van der Waals surface area contributed by atoms with Crippen LogP contribution in [0.1, 0.15) is 29.3 Å². The highest BCUT2D eigenvalue weighted by Crippen LogP contribution is 2.32. The third-order valence-electron chi connectivity index (χ3n) is 5.40. The first-order valence-corrected chi connectivity index (χ1v) is 9.20. The number of aromatic nitrogens is 1. The summed E-state index contributed by atoms with van der Waals surface area (Å²) in [7, 11) is 3.91. The Balaban J connectivity index is 1.85. The zero-order chi connectivity index (χ0) is 18.3. The number of aryl methyl sites for hydroxylation is 1. The first kappa shape index (κ1) is 16.9. The van der Waals surface area contributed by atoms with E-state index in [9.17, 15) is 0 Å². The highest BCUT2D eigenvalue weighted by atomic mass is 16.5. The Morgan fingerprint density at radius 2 is 1.88 bits per heavy atom. The van der Waals surface area contributed by atoms with E-state index >= 15 is 0 Å². The molecule has 1 aromatic heterocycles. The molecule has 0 amide bonds. The van der Waals surface area contributed by atoms with E-state index in [1.807, 2.05) is 12.1 Å². The third-order valence-corrected chi connectivity index (χ3v) is 5.40. The minimum Gasteiger partial charge on any atom is -0.497 e. The normalized spacial score (nSPS) is 15.3. The number of benzene rings is 2. The monoisotopic (exact) mass is 346 g/mol. The number of rotatable bonds is 3. The first-order chi connectivity index (χ1) is 12.6. The predicted molar refractivity (Wildman–Crippen MR) is 110 cm³/mol. The molecule has 3 nitrogen and oxygen atoms in total. The Kier molecular flexibility index (Phi) is 4.33. The lowest BCUT2D eigenvalue weighted by atomic mass is 10.0. The molecule has 0 spiro atoms. The van der Waals surface area contributed by atoms with Gasteiger partial charge in [-0.15, -0.1) is 0 Å². The summed E-state index contributed by atoms with van der Waals surface area (Å²) in [5.41, 5.74) is 8.05. The Morgan fingerprint density at radius 1 is 1.12 bits per heavy atom. The van der Waals surface area contributed by atoms with E-state index in [0.717, 1.165) is 25.3 Å². The summed E-state index contributed by atoms with van der Waals surface area (Å²) in [6.45, 7) is 6.49.